The third kappa shape index (κ3) is 5.27. The lowest BCUT2D eigenvalue weighted by Gasteiger charge is -2.11. The fraction of sp³-hybridized carbons (Fsp3) is 0.167. The highest BCUT2D eigenvalue weighted by atomic mass is 35.5. The van der Waals surface area contributed by atoms with E-state index < -0.39 is 5.91 Å². The molecule has 1 amide bonds. The number of hydrogen-bond donors (Lipinski definition) is 2. The van der Waals surface area contributed by atoms with Crippen LogP contribution in [0.5, 0.6) is 5.75 Å². The van der Waals surface area contributed by atoms with Crippen molar-refractivity contribution in [2.45, 2.75) is 13.8 Å². The number of hydrogen-bond acceptors (Lipinski definition) is 4. The first-order valence-corrected chi connectivity index (χ1v) is 8.35. The van der Waals surface area contributed by atoms with Crippen molar-refractivity contribution in [3.8, 4) is 5.75 Å². The van der Waals surface area contributed by atoms with Gasteiger partial charge in [-0.05, 0) is 56.4 Å². The number of Topliss-reactive ketones (excluding diaryl/α,β-unsaturated/α-hetero) is 1. The van der Waals surface area contributed by atoms with Crippen molar-refractivity contribution in [1.29, 1.82) is 0 Å². The minimum atomic E-state index is -0.398. The van der Waals surface area contributed by atoms with Crippen LogP contribution in [0.15, 0.2) is 42.5 Å². The number of carbonyl (C=O) groups is 2. The molecule has 130 valence electrons. The number of ketones is 1. The van der Waals surface area contributed by atoms with Crippen LogP contribution < -0.4 is 15.4 Å². The molecule has 0 bridgehead atoms. The quantitative estimate of drug-likeness (QED) is 0.608. The summed E-state index contributed by atoms with van der Waals surface area (Å²) in [5, 5.41) is 5.91. The van der Waals surface area contributed by atoms with Gasteiger partial charge in [-0.3, -0.25) is 14.9 Å². The number of benzene rings is 2. The van der Waals surface area contributed by atoms with Gasteiger partial charge in [-0.25, -0.2) is 0 Å². The van der Waals surface area contributed by atoms with Crippen LogP contribution in [0.2, 0.25) is 5.02 Å². The predicted octanol–water partition coefficient (Wildman–Crippen LogP) is 4.07. The number of halogens is 1. The lowest BCUT2D eigenvalue weighted by Crippen LogP contribution is -2.34. The minimum absolute atomic E-state index is 0.0531. The zero-order valence-electron chi connectivity index (χ0n) is 13.8. The highest BCUT2D eigenvalue weighted by molar-refractivity contribution is 7.80. The van der Waals surface area contributed by atoms with Crippen LogP contribution >= 0.6 is 23.8 Å². The van der Waals surface area contributed by atoms with E-state index in [0.29, 0.717) is 34.2 Å². The molecule has 7 heteroatoms. The molecule has 5 nitrogen and oxygen atoms in total. The highest BCUT2D eigenvalue weighted by Gasteiger charge is 2.11. The van der Waals surface area contributed by atoms with Crippen LogP contribution in [0.4, 0.5) is 5.69 Å². The molecule has 0 aliphatic rings. The maximum atomic E-state index is 12.2. The van der Waals surface area contributed by atoms with Crippen LogP contribution in [-0.2, 0) is 0 Å². The Labute approximate surface area is 156 Å². The van der Waals surface area contributed by atoms with Gasteiger partial charge in [0.25, 0.3) is 5.91 Å². The molecule has 0 heterocycles. The van der Waals surface area contributed by atoms with Crippen molar-refractivity contribution in [3.05, 3.63) is 58.6 Å². The van der Waals surface area contributed by atoms with Crippen molar-refractivity contribution in [3.63, 3.8) is 0 Å². The number of ether oxygens (including phenoxy) is 1. The summed E-state index contributed by atoms with van der Waals surface area (Å²) in [4.78, 5) is 23.6. The minimum Gasteiger partial charge on any atom is -0.492 e. The van der Waals surface area contributed by atoms with Gasteiger partial charge < -0.3 is 10.1 Å². The van der Waals surface area contributed by atoms with Gasteiger partial charge >= 0.3 is 0 Å². The number of amides is 1. The Bertz CT molecular complexity index is 824. The summed E-state index contributed by atoms with van der Waals surface area (Å²) in [6, 6.07) is 11.6. The Morgan fingerprint density at radius 3 is 2.56 bits per heavy atom. The molecule has 2 aromatic rings. The Hall–Kier alpha value is -2.44. The van der Waals surface area contributed by atoms with E-state index in [1.807, 2.05) is 6.92 Å². The third-order valence-corrected chi connectivity index (χ3v) is 3.75. The summed E-state index contributed by atoms with van der Waals surface area (Å²) in [6.45, 7) is 3.82. The molecule has 25 heavy (non-hydrogen) atoms. The van der Waals surface area contributed by atoms with Crippen LogP contribution in [0.1, 0.15) is 34.6 Å². The van der Waals surface area contributed by atoms with Crippen molar-refractivity contribution in [2.75, 3.05) is 11.9 Å². The Kier molecular flexibility index (Phi) is 6.50. The molecule has 0 spiro atoms. The smallest absolute Gasteiger partial charge is 0.257 e. The zero-order valence-corrected chi connectivity index (χ0v) is 15.3. The van der Waals surface area contributed by atoms with Gasteiger partial charge in [0.2, 0.25) is 0 Å². The SMILES string of the molecule is CCOc1ccc(C(=O)NC(=S)Nc2cccc(C(C)=O)c2)cc1Cl. The maximum absolute atomic E-state index is 12.2. The lowest BCUT2D eigenvalue weighted by atomic mass is 10.1. The molecule has 2 rings (SSSR count). The number of anilines is 1. The van der Waals surface area contributed by atoms with Crippen LogP contribution in [0, 0.1) is 0 Å². The summed E-state index contributed by atoms with van der Waals surface area (Å²) in [5.41, 5.74) is 1.52. The van der Waals surface area contributed by atoms with E-state index in [9.17, 15) is 9.59 Å². The fourth-order valence-electron chi connectivity index (χ4n) is 2.07. The fourth-order valence-corrected chi connectivity index (χ4v) is 2.51. The molecular formula is C18H17ClN2O3S. The zero-order chi connectivity index (χ0) is 18.4. The molecular weight excluding hydrogens is 360 g/mol. The molecule has 0 aliphatic carbocycles. The number of carbonyl (C=O) groups excluding carboxylic acids is 2. The van der Waals surface area contributed by atoms with E-state index in [-0.39, 0.29) is 10.9 Å². The van der Waals surface area contributed by atoms with Crippen LogP contribution in [0.25, 0.3) is 0 Å². The van der Waals surface area contributed by atoms with Gasteiger partial charge in [0.15, 0.2) is 10.9 Å². The first-order chi connectivity index (χ1) is 11.9. The van der Waals surface area contributed by atoms with Gasteiger partial charge in [0.05, 0.1) is 11.6 Å². The number of nitrogens with one attached hydrogen (secondary N) is 2. The van der Waals surface area contributed by atoms with E-state index in [2.05, 4.69) is 10.6 Å². The molecule has 0 saturated carbocycles. The first kappa shape index (κ1) is 18.9. The van der Waals surface area contributed by atoms with Gasteiger partial charge in [0, 0.05) is 16.8 Å². The van der Waals surface area contributed by atoms with Crippen molar-refractivity contribution < 1.29 is 14.3 Å². The van der Waals surface area contributed by atoms with Crippen molar-refractivity contribution >= 4 is 46.3 Å². The van der Waals surface area contributed by atoms with E-state index >= 15 is 0 Å². The lowest BCUT2D eigenvalue weighted by molar-refractivity contribution is 0.0975. The van der Waals surface area contributed by atoms with Crippen molar-refractivity contribution in [2.24, 2.45) is 0 Å². The van der Waals surface area contributed by atoms with E-state index in [0.717, 1.165) is 0 Å². The first-order valence-electron chi connectivity index (χ1n) is 7.56. The van der Waals surface area contributed by atoms with E-state index in [1.54, 1.807) is 36.4 Å². The molecule has 2 N–H and O–H groups in total. The molecule has 0 aromatic heterocycles. The summed E-state index contributed by atoms with van der Waals surface area (Å²) in [5.74, 6) is 0.0651. The second kappa shape index (κ2) is 8.60. The monoisotopic (exact) mass is 376 g/mol. The standard InChI is InChI=1S/C18H17ClN2O3S/c1-3-24-16-8-7-13(10-15(16)19)17(23)21-18(25)20-14-6-4-5-12(9-14)11(2)22/h4-10H,3H2,1-2H3,(H2,20,21,23,25). The second-order valence-corrected chi connectivity index (χ2v) is 5.94. The number of rotatable bonds is 5. The van der Waals surface area contributed by atoms with Gasteiger partial charge in [0.1, 0.15) is 5.75 Å². The molecule has 0 unspecified atom stereocenters. The average molecular weight is 377 g/mol. The van der Waals surface area contributed by atoms with E-state index in [1.165, 1.54) is 13.0 Å². The topological polar surface area (TPSA) is 67.4 Å². The average Bonchev–Trinajstić information content (AvgIpc) is 2.56. The Morgan fingerprint density at radius 2 is 1.92 bits per heavy atom. The van der Waals surface area contributed by atoms with Gasteiger partial charge in [-0.2, -0.15) is 0 Å². The highest BCUT2D eigenvalue weighted by Crippen LogP contribution is 2.25. The number of thiocarbonyl (C=S) groups is 1. The molecule has 0 radical (unpaired) electrons. The normalized spacial score (nSPS) is 10.0. The Morgan fingerprint density at radius 1 is 1.16 bits per heavy atom. The molecule has 0 atom stereocenters. The largest absolute Gasteiger partial charge is 0.492 e. The molecule has 0 fully saturated rings. The predicted molar refractivity (Wildman–Crippen MR) is 103 cm³/mol. The van der Waals surface area contributed by atoms with Crippen LogP contribution in [0.3, 0.4) is 0 Å². The van der Waals surface area contributed by atoms with Gasteiger partial charge in [-0.1, -0.05) is 23.7 Å². The molecule has 0 saturated heterocycles. The van der Waals surface area contributed by atoms with E-state index in [4.69, 9.17) is 28.6 Å². The molecule has 0 aliphatic heterocycles. The maximum Gasteiger partial charge on any atom is 0.257 e. The summed E-state index contributed by atoms with van der Waals surface area (Å²) in [6.07, 6.45) is 0. The molecule has 2 aromatic carbocycles. The third-order valence-electron chi connectivity index (χ3n) is 3.25. The summed E-state index contributed by atoms with van der Waals surface area (Å²) < 4.78 is 5.33. The van der Waals surface area contributed by atoms with Crippen LogP contribution in [-0.4, -0.2) is 23.4 Å². The van der Waals surface area contributed by atoms with Crippen molar-refractivity contribution in [1.82, 2.24) is 5.32 Å². The summed E-state index contributed by atoms with van der Waals surface area (Å²) in [7, 11) is 0. The summed E-state index contributed by atoms with van der Waals surface area (Å²) >= 11 is 11.2. The Balaban J connectivity index is 2.03. The van der Waals surface area contributed by atoms with Gasteiger partial charge in [-0.15, -0.1) is 0 Å². The second-order valence-electron chi connectivity index (χ2n) is 5.12.